The van der Waals surface area contributed by atoms with Gasteiger partial charge in [-0.1, -0.05) is 35.5 Å². The van der Waals surface area contributed by atoms with Gasteiger partial charge in [0, 0.05) is 18.7 Å². The van der Waals surface area contributed by atoms with Gasteiger partial charge in [-0.05, 0) is 26.8 Å². The van der Waals surface area contributed by atoms with Crippen LogP contribution in [0.3, 0.4) is 0 Å². The Morgan fingerprint density at radius 1 is 1.17 bits per heavy atom. The highest BCUT2D eigenvalue weighted by molar-refractivity contribution is 6.06. The minimum atomic E-state index is -0.0223. The molecule has 0 aliphatic carbocycles. The van der Waals surface area contributed by atoms with Crippen LogP contribution in [0.2, 0.25) is 0 Å². The van der Waals surface area contributed by atoms with Crippen molar-refractivity contribution in [3.63, 3.8) is 0 Å². The van der Waals surface area contributed by atoms with Gasteiger partial charge in [0.2, 0.25) is 0 Å². The van der Waals surface area contributed by atoms with E-state index in [0.717, 1.165) is 5.56 Å². The molecule has 0 saturated carbocycles. The fraction of sp³-hybridized carbons (Fsp3) is 0.278. The third kappa shape index (κ3) is 2.70. The second-order valence-electron chi connectivity index (χ2n) is 5.35. The van der Waals surface area contributed by atoms with E-state index in [0.29, 0.717) is 41.1 Å². The van der Waals surface area contributed by atoms with Crippen LogP contribution < -0.4 is 0 Å². The lowest BCUT2D eigenvalue weighted by atomic mass is 10.0. The van der Waals surface area contributed by atoms with Crippen molar-refractivity contribution in [3.8, 4) is 11.3 Å². The summed E-state index contributed by atoms with van der Waals surface area (Å²) >= 11 is 0. The van der Waals surface area contributed by atoms with E-state index < -0.39 is 0 Å². The number of pyridine rings is 1. The lowest BCUT2D eigenvalue weighted by molar-refractivity contribution is 0.0775. The lowest BCUT2D eigenvalue weighted by Crippen LogP contribution is -2.30. The second kappa shape index (κ2) is 6.20. The zero-order chi connectivity index (χ0) is 16.4. The van der Waals surface area contributed by atoms with Crippen molar-refractivity contribution >= 4 is 17.0 Å². The number of aryl methyl sites for hydroxylation is 1. The molecule has 0 aliphatic rings. The Bertz CT molecular complexity index is 836. The highest BCUT2D eigenvalue weighted by Crippen LogP contribution is 2.27. The van der Waals surface area contributed by atoms with Crippen LogP contribution in [0, 0.1) is 6.92 Å². The van der Waals surface area contributed by atoms with Crippen LogP contribution in [-0.4, -0.2) is 34.0 Å². The zero-order valence-electron chi connectivity index (χ0n) is 13.5. The molecule has 1 aromatic carbocycles. The predicted molar refractivity (Wildman–Crippen MR) is 89.2 cm³/mol. The highest BCUT2D eigenvalue weighted by atomic mass is 16.5. The van der Waals surface area contributed by atoms with Gasteiger partial charge in [0.05, 0.1) is 22.3 Å². The third-order valence-electron chi connectivity index (χ3n) is 3.97. The summed E-state index contributed by atoms with van der Waals surface area (Å²) in [5, 5.41) is 4.67. The summed E-state index contributed by atoms with van der Waals surface area (Å²) in [6, 6.07) is 11.6. The molecule has 1 amide bonds. The first-order valence-corrected chi connectivity index (χ1v) is 7.77. The van der Waals surface area contributed by atoms with E-state index in [2.05, 4.69) is 10.1 Å². The molecule has 23 heavy (non-hydrogen) atoms. The Hall–Kier alpha value is -2.69. The van der Waals surface area contributed by atoms with Gasteiger partial charge >= 0.3 is 0 Å². The molecule has 0 atom stereocenters. The molecule has 3 aromatic rings. The van der Waals surface area contributed by atoms with Crippen LogP contribution in [0.15, 0.2) is 40.9 Å². The summed E-state index contributed by atoms with van der Waals surface area (Å²) in [4.78, 5) is 19.2. The Morgan fingerprint density at radius 3 is 2.52 bits per heavy atom. The van der Waals surface area contributed by atoms with E-state index in [1.54, 1.807) is 4.90 Å². The fourth-order valence-electron chi connectivity index (χ4n) is 2.70. The molecular formula is C18H19N3O2. The standard InChI is InChI=1S/C18H19N3O2/c1-4-21(5-2)18(22)14-11-15(13-9-7-6-8-10-13)19-17-16(14)12(3)20-23-17/h6-11H,4-5H2,1-3H3. The number of nitrogens with zero attached hydrogens (tertiary/aromatic N) is 3. The van der Waals surface area contributed by atoms with Crippen LogP contribution in [0.1, 0.15) is 29.9 Å². The first-order chi connectivity index (χ1) is 11.2. The largest absolute Gasteiger partial charge is 0.339 e. The molecule has 0 N–H and O–H groups in total. The molecule has 0 saturated heterocycles. The van der Waals surface area contributed by atoms with Gasteiger partial charge in [-0.15, -0.1) is 0 Å². The summed E-state index contributed by atoms with van der Waals surface area (Å²) in [7, 11) is 0. The molecule has 3 rings (SSSR count). The van der Waals surface area contributed by atoms with E-state index >= 15 is 0 Å². The molecule has 0 fully saturated rings. The molecule has 2 heterocycles. The quantitative estimate of drug-likeness (QED) is 0.737. The van der Waals surface area contributed by atoms with Crippen LogP contribution >= 0.6 is 0 Å². The number of aromatic nitrogens is 2. The average molecular weight is 309 g/mol. The van der Waals surface area contributed by atoms with Crippen molar-refractivity contribution in [2.45, 2.75) is 20.8 Å². The minimum absolute atomic E-state index is 0.0223. The highest BCUT2D eigenvalue weighted by Gasteiger charge is 2.22. The third-order valence-corrected chi connectivity index (χ3v) is 3.97. The van der Waals surface area contributed by atoms with Crippen molar-refractivity contribution in [2.75, 3.05) is 13.1 Å². The van der Waals surface area contributed by atoms with E-state index in [4.69, 9.17) is 4.52 Å². The lowest BCUT2D eigenvalue weighted by Gasteiger charge is -2.19. The first-order valence-electron chi connectivity index (χ1n) is 7.77. The Kier molecular flexibility index (Phi) is 4.10. The molecule has 5 nitrogen and oxygen atoms in total. The maximum absolute atomic E-state index is 12.9. The van der Waals surface area contributed by atoms with Gasteiger partial charge in [-0.3, -0.25) is 4.79 Å². The van der Waals surface area contributed by atoms with Crippen LogP contribution in [0.4, 0.5) is 0 Å². The topological polar surface area (TPSA) is 59.2 Å². The van der Waals surface area contributed by atoms with Gasteiger partial charge < -0.3 is 9.42 Å². The number of hydrogen-bond donors (Lipinski definition) is 0. The van der Waals surface area contributed by atoms with E-state index in [1.165, 1.54) is 0 Å². The second-order valence-corrected chi connectivity index (χ2v) is 5.35. The first kappa shape index (κ1) is 15.2. The maximum Gasteiger partial charge on any atom is 0.259 e. The number of carbonyl (C=O) groups excluding carboxylic acids is 1. The Balaban J connectivity index is 2.22. The molecule has 0 radical (unpaired) electrons. The zero-order valence-corrected chi connectivity index (χ0v) is 13.5. The van der Waals surface area contributed by atoms with Crippen molar-refractivity contribution in [1.82, 2.24) is 15.0 Å². The summed E-state index contributed by atoms with van der Waals surface area (Å²) in [5.74, 6) is -0.0223. The molecular weight excluding hydrogens is 290 g/mol. The molecule has 5 heteroatoms. The summed E-state index contributed by atoms with van der Waals surface area (Å²) in [6.45, 7) is 7.08. The van der Waals surface area contributed by atoms with E-state index in [9.17, 15) is 4.79 Å². The predicted octanol–water partition coefficient (Wildman–Crippen LogP) is 3.68. The monoisotopic (exact) mass is 309 g/mol. The number of benzene rings is 1. The summed E-state index contributed by atoms with van der Waals surface area (Å²) in [5.41, 5.74) is 3.33. The fourth-order valence-corrected chi connectivity index (χ4v) is 2.70. The molecule has 0 bridgehead atoms. The van der Waals surface area contributed by atoms with Crippen molar-refractivity contribution in [3.05, 3.63) is 47.7 Å². The van der Waals surface area contributed by atoms with Gasteiger partial charge in [-0.25, -0.2) is 4.98 Å². The Morgan fingerprint density at radius 2 is 1.87 bits per heavy atom. The van der Waals surface area contributed by atoms with Gasteiger partial charge in [-0.2, -0.15) is 0 Å². The maximum atomic E-state index is 12.9. The SMILES string of the molecule is CCN(CC)C(=O)c1cc(-c2ccccc2)nc2onc(C)c12. The normalized spacial score (nSPS) is 10.9. The van der Waals surface area contributed by atoms with Crippen molar-refractivity contribution < 1.29 is 9.32 Å². The molecule has 2 aromatic heterocycles. The van der Waals surface area contributed by atoms with E-state index in [-0.39, 0.29) is 5.91 Å². The van der Waals surface area contributed by atoms with E-state index in [1.807, 2.05) is 57.2 Å². The molecule has 118 valence electrons. The Labute approximate surface area is 134 Å². The average Bonchev–Trinajstić information content (AvgIpc) is 2.97. The van der Waals surface area contributed by atoms with Crippen molar-refractivity contribution in [2.24, 2.45) is 0 Å². The number of amides is 1. The van der Waals surface area contributed by atoms with Crippen LogP contribution in [0.5, 0.6) is 0 Å². The molecule has 0 unspecified atom stereocenters. The number of hydrogen-bond acceptors (Lipinski definition) is 4. The van der Waals surface area contributed by atoms with Gasteiger partial charge in [0.25, 0.3) is 11.6 Å². The minimum Gasteiger partial charge on any atom is -0.339 e. The number of fused-ring (bicyclic) bond motifs is 1. The van der Waals surface area contributed by atoms with Crippen LogP contribution in [-0.2, 0) is 0 Å². The number of carbonyl (C=O) groups is 1. The molecule has 0 spiro atoms. The van der Waals surface area contributed by atoms with Crippen LogP contribution in [0.25, 0.3) is 22.4 Å². The number of rotatable bonds is 4. The van der Waals surface area contributed by atoms with Crippen molar-refractivity contribution in [1.29, 1.82) is 0 Å². The smallest absolute Gasteiger partial charge is 0.259 e. The summed E-state index contributed by atoms with van der Waals surface area (Å²) < 4.78 is 5.32. The molecule has 0 aliphatic heterocycles. The van der Waals surface area contributed by atoms with Gasteiger partial charge in [0.1, 0.15) is 0 Å². The summed E-state index contributed by atoms with van der Waals surface area (Å²) in [6.07, 6.45) is 0. The van der Waals surface area contributed by atoms with Gasteiger partial charge in [0.15, 0.2) is 0 Å².